The Labute approximate surface area is 143 Å². The van der Waals surface area contributed by atoms with Crippen LogP contribution in [0.25, 0.3) is 10.8 Å². The highest BCUT2D eigenvalue weighted by atomic mass is 32.2. The number of thioether (sulfide) groups is 1. The van der Waals surface area contributed by atoms with Crippen LogP contribution in [0.5, 0.6) is 0 Å². The van der Waals surface area contributed by atoms with Gasteiger partial charge in [0.2, 0.25) is 0 Å². The molecule has 0 saturated heterocycles. The molecule has 1 unspecified atom stereocenters. The largest absolute Gasteiger partial charge is 0.309 e. The smallest absolute Gasteiger partial charge is 0.133 e. The van der Waals surface area contributed by atoms with Crippen LogP contribution in [0.4, 0.5) is 0 Å². The van der Waals surface area contributed by atoms with Crippen LogP contribution in [0, 0.1) is 0 Å². The number of hydrogen-bond donors (Lipinski definition) is 0. The van der Waals surface area contributed by atoms with E-state index in [-0.39, 0.29) is 10.7 Å². The second-order valence-corrected chi connectivity index (χ2v) is 8.05. The molecular formula is C20H25NOS. The van der Waals surface area contributed by atoms with Gasteiger partial charge in [0.15, 0.2) is 0 Å². The standard InChI is InChI=1S/C20H25NOS/c1-21(2)12-13-23-19(15-22)20(10-5-11-20)18-9-8-16-6-3-4-7-17(16)14-18/h3-4,6-9,14-15,19H,5,10-13H2,1-2H3. The molecule has 1 aliphatic rings. The highest BCUT2D eigenvalue weighted by Crippen LogP contribution is 2.50. The third-order valence-electron chi connectivity index (χ3n) is 5.07. The van der Waals surface area contributed by atoms with E-state index in [0.29, 0.717) is 0 Å². The molecule has 0 spiro atoms. The quantitative estimate of drug-likeness (QED) is 0.713. The van der Waals surface area contributed by atoms with Gasteiger partial charge in [-0.25, -0.2) is 0 Å². The summed E-state index contributed by atoms with van der Waals surface area (Å²) in [5.41, 5.74) is 1.39. The number of carbonyl (C=O) groups excluding carboxylic acids is 1. The Morgan fingerprint density at radius 2 is 1.91 bits per heavy atom. The second kappa shape index (κ2) is 7.06. The number of nitrogens with zero attached hydrogens (tertiary/aromatic N) is 1. The van der Waals surface area contributed by atoms with Crippen molar-refractivity contribution in [2.24, 2.45) is 0 Å². The van der Waals surface area contributed by atoms with E-state index < -0.39 is 0 Å². The topological polar surface area (TPSA) is 20.3 Å². The Balaban J connectivity index is 1.86. The van der Waals surface area contributed by atoms with Crippen molar-refractivity contribution in [2.45, 2.75) is 29.9 Å². The van der Waals surface area contributed by atoms with Gasteiger partial charge in [-0.1, -0.05) is 48.9 Å². The molecule has 3 heteroatoms. The van der Waals surface area contributed by atoms with Crippen LogP contribution in [-0.2, 0) is 10.2 Å². The number of benzene rings is 2. The van der Waals surface area contributed by atoms with Crippen LogP contribution in [0.3, 0.4) is 0 Å². The first-order valence-corrected chi connectivity index (χ1v) is 9.41. The third kappa shape index (κ3) is 3.31. The minimum Gasteiger partial charge on any atom is -0.309 e. The van der Waals surface area contributed by atoms with Crippen LogP contribution < -0.4 is 0 Å². The molecule has 0 aromatic heterocycles. The van der Waals surface area contributed by atoms with Crippen LogP contribution in [-0.4, -0.2) is 42.8 Å². The fraction of sp³-hybridized carbons (Fsp3) is 0.450. The van der Waals surface area contributed by atoms with E-state index in [0.717, 1.165) is 25.1 Å². The fourth-order valence-corrected chi connectivity index (χ4v) is 4.98. The number of aldehydes is 1. The van der Waals surface area contributed by atoms with E-state index in [1.165, 1.54) is 29.0 Å². The van der Waals surface area contributed by atoms with Gasteiger partial charge in [0.05, 0.1) is 5.25 Å². The van der Waals surface area contributed by atoms with Crippen molar-refractivity contribution in [2.75, 3.05) is 26.4 Å². The zero-order valence-electron chi connectivity index (χ0n) is 14.0. The van der Waals surface area contributed by atoms with Crippen molar-refractivity contribution in [3.05, 3.63) is 48.0 Å². The molecule has 23 heavy (non-hydrogen) atoms. The molecule has 1 atom stereocenters. The highest BCUT2D eigenvalue weighted by Gasteiger charge is 2.45. The number of rotatable bonds is 7. The average molecular weight is 327 g/mol. The number of carbonyl (C=O) groups is 1. The Morgan fingerprint density at radius 1 is 1.17 bits per heavy atom. The van der Waals surface area contributed by atoms with Gasteiger partial charge in [-0.15, -0.1) is 11.8 Å². The minimum absolute atomic E-state index is 0.0444. The maximum Gasteiger partial charge on any atom is 0.133 e. The lowest BCUT2D eigenvalue weighted by molar-refractivity contribution is -0.109. The van der Waals surface area contributed by atoms with Gasteiger partial charge in [-0.3, -0.25) is 0 Å². The van der Waals surface area contributed by atoms with Gasteiger partial charge in [0, 0.05) is 17.7 Å². The maximum absolute atomic E-state index is 11.8. The zero-order chi connectivity index (χ0) is 16.3. The van der Waals surface area contributed by atoms with Crippen LogP contribution in [0.15, 0.2) is 42.5 Å². The molecule has 2 nitrogen and oxygen atoms in total. The van der Waals surface area contributed by atoms with E-state index >= 15 is 0 Å². The summed E-state index contributed by atoms with van der Waals surface area (Å²) >= 11 is 1.82. The normalized spacial score (nSPS) is 17.9. The summed E-state index contributed by atoms with van der Waals surface area (Å²) in [4.78, 5) is 14.0. The van der Waals surface area contributed by atoms with Crippen LogP contribution >= 0.6 is 11.8 Å². The second-order valence-electron chi connectivity index (χ2n) is 6.80. The molecular weight excluding hydrogens is 302 g/mol. The highest BCUT2D eigenvalue weighted by molar-refractivity contribution is 8.00. The molecule has 122 valence electrons. The average Bonchev–Trinajstić information content (AvgIpc) is 2.52. The van der Waals surface area contributed by atoms with Gasteiger partial charge in [0.1, 0.15) is 6.29 Å². The monoisotopic (exact) mass is 327 g/mol. The first-order valence-electron chi connectivity index (χ1n) is 8.37. The Bertz CT molecular complexity index is 678. The van der Waals surface area contributed by atoms with Crippen molar-refractivity contribution in [1.29, 1.82) is 0 Å². The summed E-state index contributed by atoms with van der Waals surface area (Å²) in [5.74, 6) is 1.01. The van der Waals surface area contributed by atoms with Crippen molar-refractivity contribution in [1.82, 2.24) is 4.90 Å². The predicted octanol–water partition coefficient (Wildman–Crippen LogP) is 4.12. The van der Waals surface area contributed by atoms with E-state index in [2.05, 4.69) is 61.5 Å². The summed E-state index contributed by atoms with van der Waals surface area (Å²) in [6.07, 6.45) is 4.67. The molecule has 1 fully saturated rings. The molecule has 0 amide bonds. The summed E-state index contributed by atoms with van der Waals surface area (Å²) in [6.45, 7) is 1.02. The predicted molar refractivity (Wildman–Crippen MR) is 100 cm³/mol. The van der Waals surface area contributed by atoms with Crippen LogP contribution in [0.2, 0.25) is 0 Å². The molecule has 0 aliphatic heterocycles. The van der Waals surface area contributed by atoms with Crippen molar-refractivity contribution < 1.29 is 4.79 Å². The summed E-state index contributed by atoms with van der Waals surface area (Å²) in [6, 6.07) is 15.2. The zero-order valence-corrected chi connectivity index (χ0v) is 14.8. The van der Waals surface area contributed by atoms with E-state index in [1.807, 2.05) is 11.8 Å². The lowest BCUT2D eigenvalue weighted by Gasteiger charge is -2.46. The molecule has 1 saturated carbocycles. The third-order valence-corrected chi connectivity index (χ3v) is 6.41. The molecule has 2 aromatic carbocycles. The van der Waals surface area contributed by atoms with Gasteiger partial charge in [0.25, 0.3) is 0 Å². The lowest BCUT2D eigenvalue weighted by Crippen LogP contribution is -2.45. The summed E-state index contributed by atoms with van der Waals surface area (Å²) in [5, 5.41) is 2.62. The van der Waals surface area contributed by atoms with E-state index in [1.54, 1.807) is 0 Å². The molecule has 0 heterocycles. The molecule has 1 aliphatic carbocycles. The first kappa shape index (κ1) is 16.5. The van der Waals surface area contributed by atoms with Gasteiger partial charge < -0.3 is 9.69 Å². The molecule has 3 rings (SSSR count). The molecule has 0 bridgehead atoms. The Hall–Kier alpha value is -1.32. The van der Waals surface area contributed by atoms with E-state index in [4.69, 9.17) is 0 Å². The Morgan fingerprint density at radius 3 is 2.52 bits per heavy atom. The Kier molecular flexibility index (Phi) is 5.08. The first-order chi connectivity index (χ1) is 11.2. The van der Waals surface area contributed by atoms with Crippen molar-refractivity contribution in [3.63, 3.8) is 0 Å². The molecule has 0 radical (unpaired) electrons. The minimum atomic E-state index is 0.0444. The maximum atomic E-state index is 11.8. The fourth-order valence-electron chi connectivity index (χ4n) is 3.49. The molecule has 0 N–H and O–H groups in total. The van der Waals surface area contributed by atoms with Crippen LogP contribution in [0.1, 0.15) is 24.8 Å². The van der Waals surface area contributed by atoms with Gasteiger partial charge >= 0.3 is 0 Å². The van der Waals surface area contributed by atoms with Gasteiger partial charge in [-0.05, 0) is 43.3 Å². The van der Waals surface area contributed by atoms with E-state index in [9.17, 15) is 4.79 Å². The summed E-state index contributed by atoms with van der Waals surface area (Å²) < 4.78 is 0. The molecule has 2 aromatic rings. The number of fused-ring (bicyclic) bond motifs is 1. The van der Waals surface area contributed by atoms with Crippen molar-refractivity contribution >= 4 is 28.8 Å². The van der Waals surface area contributed by atoms with Crippen molar-refractivity contribution in [3.8, 4) is 0 Å². The van der Waals surface area contributed by atoms with Gasteiger partial charge in [-0.2, -0.15) is 0 Å². The number of hydrogen-bond acceptors (Lipinski definition) is 3. The SMILES string of the molecule is CN(C)CCSC(C=O)C1(c2ccc3ccccc3c2)CCC1. The summed E-state index contributed by atoms with van der Waals surface area (Å²) in [7, 11) is 4.16. The lowest BCUT2D eigenvalue weighted by atomic mass is 9.62.